The summed E-state index contributed by atoms with van der Waals surface area (Å²) in [4.78, 5) is 20.4. The zero-order valence-corrected chi connectivity index (χ0v) is 20.5. The van der Waals surface area contributed by atoms with Gasteiger partial charge in [0.15, 0.2) is 5.76 Å². The summed E-state index contributed by atoms with van der Waals surface area (Å²) in [6.45, 7) is 6.16. The topological polar surface area (TPSA) is 63.6 Å². The van der Waals surface area contributed by atoms with Crippen molar-refractivity contribution in [1.82, 2.24) is 9.66 Å². The standard InChI is InChI=1S/C27H23BrN4O2/c1-3-31(4-2)21-12-9-18(10-13-21)17-29-32-26(30-23-8-6-5-7-22(23)27(32)33)25-16-19-15-20(28)11-14-24(19)34-25/h5-17H,3-4H2,1-2H3. The number of anilines is 1. The molecule has 7 heteroatoms. The van der Waals surface area contributed by atoms with Gasteiger partial charge < -0.3 is 9.32 Å². The van der Waals surface area contributed by atoms with E-state index >= 15 is 0 Å². The minimum absolute atomic E-state index is 0.252. The first-order valence-corrected chi connectivity index (χ1v) is 12.0. The van der Waals surface area contributed by atoms with Crippen molar-refractivity contribution in [2.75, 3.05) is 18.0 Å². The van der Waals surface area contributed by atoms with E-state index in [0.29, 0.717) is 28.1 Å². The highest BCUT2D eigenvalue weighted by molar-refractivity contribution is 9.10. The highest BCUT2D eigenvalue weighted by Gasteiger charge is 2.16. The van der Waals surface area contributed by atoms with Crippen LogP contribution >= 0.6 is 15.9 Å². The van der Waals surface area contributed by atoms with E-state index in [1.54, 1.807) is 12.3 Å². The molecule has 2 aromatic heterocycles. The maximum atomic E-state index is 13.4. The summed E-state index contributed by atoms with van der Waals surface area (Å²) < 4.78 is 8.31. The summed E-state index contributed by atoms with van der Waals surface area (Å²) >= 11 is 3.49. The van der Waals surface area contributed by atoms with Gasteiger partial charge in [0, 0.05) is 28.6 Å². The molecule has 0 radical (unpaired) electrons. The van der Waals surface area contributed by atoms with Gasteiger partial charge in [-0.25, -0.2) is 4.98 Å². The van der Waals surface area contributed by atoms with Crippen LogP contribution in [-0.2, 0) is 0 Å². The third kappa shape index (κ3) is 4.15. The van der Waals surface area contributed by atoms with Crippen molar-refractivity contribution in [3.05, 3.63) is 93.2 Å². The van der Waals surface area contributed by atoms with Crippen LogP contribution in [0, 0.1) is 0 Å². The molecule has 5 rings (SSSR count). The van der Waals surface area contributed by atoms with Gasteiger partial charge in [-0.3, -0.25) is 4.79 Å². The Hall–Kier alpha value is -3.71. The number of fused-ring (bicyclic) bond motifs is 2. The Bertz CT molecular complexity index is 1560. The molecule has 34 heavy (non-hydrogen) atoms. The second-order valence-electron chi connectivity index (χ2n) is 7.87. The lowest BCUT2D eigenvalue weighted by atomic mass is 10.2. The molecule has 0 spiro atoms. The van der Waals surface area contributed by atoms with Crippen molar-refractivity contribution in [3.8, 4) is 11.6 Å². The Morgan fingerprint density at radius 2 is 1.79 bits per heavy atom. The van der Waals surface area contributed by atoms with Crippen molar-refractivity contribution in [1.29, 1.82) is 0 Å². The number of furan rings is 1. The maximum Gasteiger partial charge on any atom is 0.282 e. The summed E-state index contributed by atoms with van der Waals surface area (Å²) in [5.41, 5.74) is 3.09. The maximum absolute atomic E-state index is 13.4. The molecule has 0 unspecified atom stereocenters. The quantitative estimate of drug-likeness (QED) is 0.249. The lowest BCUT2D eigenvalue weighted by molar-refractivity contribution is 0.616. The average molecular weight is 515 g/mol. The third-order valence-corrected chi connectivity index (χ3v) is 6.29. The predicted molar refractivity (Wildman–Crippen MR) is 142 cm³/mol. The van der Waals surface area contributed by atoms with Crippen LogP contribution in [0.1, 0.15) is 19.4 Å². The Morgan fingerprint density at radius 1 is 1.03 bits per heavy atom. The fraction of sp³-hybridized carbons (Fsp3) is 0.148. The third-order valence-electron chi connectivity index (χ3n) is 5.80. The fourth-order valence-electron chi connectivity index (χ4n) is 4.00. The molecule has 5 aromatic rings. The zero-order chi connectivity index (χ0) is 23.7. The molecular weight excluding hydrogens is 492 g/mol. The molecule has 2 heterocycles. The first-order chi connectivity index (χ1) is 16.6. The number of halogens is 1. The van der Waals surface area contributed by atoms with E-state index in [0.717, 1.165) is 34.2 Å². The molecule has 6 nitrogen and oxygen atoms in total. The Kier molecular flexibility index (Phi) is 6.02. The smallest absolute Gasteiger partial charge is 0.282 e. The summed E-state index contributed by atoms with van der Waals surface area (Å²) in [5.74, 6) is 0.831. The molecule has 170 valence electrons. The van der Waals surface area contributed by atoms with Crippen molar-refractivity contribution >= 4 is 49.7 Å². The van der Waals surface area contributed by atoms with Gasteiger partial charge in [0.1, 0.15) is 5.58 Å². The predicted octanol–water partition coefficient (Wildman–Crippen LogP) is 6.30. The number of rotatable bonds is 6. The molecule has 0 aliphatic carbocycles. The molecule has 0 saturated heterocycles. The monoisotopic (exact) mass is 514 g/mol. The number of aromatic nitrogens is 2. The molecule has 0 atom stereocenters. The SMILES string of the molecule is CCN(CC)c1ccc(C=Nn2c(-c3cc4cc(Br)ccc4o3)nc3ccccc3c2=O)cc1. The summed E-state index contributed by atoms with van der Waals surface area (Å²) in [5, 5.41) is 5.95. The van der Waals surface area contributed by atoms with Crippen LogP contribution < -0.4 is 10.5 Å². The van der Waals surface area contributed by atoms with E-state index in [2.05, 4.69) is 51.9 Å². The molecule has 0 amide bonds. The molecule has 0 saturated carbocycles. The molecular formula is C27H23BrN4O2. The lowest BCUT2D eigenvalue weighted by Crippen LogP contribution is -2.21. The van der Waals surface area contributed by atoms with E-state index in [9.17, 15) is 4.79 Å². The van der Waals surface area contributed by atoms with E-state index in [-0.39, 0.29) is 5.56 Å². The fourth-order valence-corrected chi connectivity index (χ4v) is 4.38. The normalized spacial score (nSPS) is 11.6. The van der Waals surface area contributed by atoms with E-state index < -0.39 is 0 Å². The zero-order valence-electron chi connectivity index (χ0n) is 18.9. The minimum Gasteiger partial charge on any atom is -0.453 e. The first kappa shape index (κ1) is 22.1. The van der Waals surface area contributed by atoms with E-state index in [1.165, 1.54) is 4.68 Å². The van der Waals surface area contributed by atoms with Gasteiger partial charge in [-0.2, -0.15) is 9.78 Å². The van der Waals surface area contributed by atoms with Gasteiger partial charge in [0.25, 0.3) is 5.56 Å². The molecule has 0 bridgehead atoms. The largest absolute Gasteiger partial charge is 0.453 e. The van der Waals surface area contributed by atoms with Crippen molar-refractivity contribution in [3.63, 3.8) is 0 Å². The molecule has 3 aromatic carbocycles. The Labute approximate surface area is 205 Å². The molecule has 0 fully saturated rings. The summed E-state index contributed by atoms with van der Waals surface area (Å²) in [7, 11) is 0. The number of benzene rings is 3. The van der Waals surface area contributed by atoms with Gasteiger partial charge in [-0.05, 0) is 67.9 Å². The van der Waals surface area contributed by atoms with E-state index in [4.69, 9.17) is 9.40 Å². The van der Waals surface area contributed by atoms with Crippen LogP contribution in [0.25, 0.3) is 33.5 Å². The number of hydrogen-bond donors (Lipinski definition) is 0. The van der Waals surface area contributed by atoms with Crippen LogP contribution in [0.2, 0.25) is 0 Å². The summed E-state index contributed by atoms with van der Waals surface area (Å²) in [6.07, 6.45) is 1.67. The second kappa shape index (κ2) is 9.27. The van der Waals surface area contributed by atoms with Crippen LogP contribution in [0.15, 0.2) is 91.6 Å². The number of nitrogens with zero attached hydrogens (tertiary/aromatic N) is 4. The molecule has 0 aliphatic heterocycles. The summed E-state index contributed by atoms with van der Waals surface area (Å²) in [6, 6.07) is 23.0. The Morgan fingerprint density at radius 3 is 2.56 bits per heavy atom. The number of para-hydroxylation sites is 1. The van der Waals surface area contributed by atoms with Gasteiger partial charge in [0.05, 0.1) is 17.1 Å². The van der Waals surface area contributed by atoms with Gasteiger partial charge in [-0.15, -0.1) is 0 Å². The molecule has 0 aliphatic rings. The minimum atomic E-state index is -0.252. The van der Waals surface area contributed by atoms with Crippen molar-refractivity contribution < 1.29 is 4.42 Å². The lowest BCUT2D eigenvalue weighted by Gasteiger charge is -2.20. The number of hydrogen-bond acceptors (Lipinski definition) is 5. The van der Waals surface area contributed by atoms with Crippen molar-refractivity contribution in [2.45, 2.75) is 13.8 Å². The van der Waals surface area contributed by atoms with Crippen molar-refractivity contribution in [2.24, 2.45) is 5.10 Å². The van der Waals surface area contributed by atoms with Crippen LogP contribution in [0.4, 0.5) is 5.69 Å². The highest BCUT2D eigenvalue weighted by Crippen LogP contribution is 2.29. The van der Waals surface area contributed by atoms with E-state index in [1.807, 2.05) is 54.6 Å². The van der Waals surface area contributed by atoms with Crippen LogP contribution in [-0.4, -0.2) is 29.0 Å². The van der Waals surface area contributed by atoms with Gasteiger partial charge in [0.2, 0.25) is 5.82 Å². The highest BCUT2D eigenvalue weighted by atomic mass is 79.9. The molecule has 0 N–H and O–H groups in total. The average Bonchev–Trinajstić information content (AvgIpc) is 3.28. The second-order valence-corrected chi connectivity index (χ2v) is 8.79. The Balaban J connectivity index is 1.62. The van der Waals surface area contributed by atoms with Crippen LogP contribution in [0.5, 0.6) is 0 Å². The van der Waals surface area contributed by atoms with Crippen LogP contribution in [0.3, 0.4) is 0 Å². The van der Waals surface area contributed by atoms with Gasteiger partial charge >= 0.3 is 0 Å². The first-order valence-electron chi connectivity index (χ1n) is 11.2. The van der Waals surface area contributed by atoms with Gasteiger partial charge in [-0.1, -0.05) is 40.2 Å².